The SMILES string of the molecule is Cc1nc2ccccc2n1CCCNC(=O)CCNC(=O)N(C)Cc1ccccc1. The number of nitrogens with one attached hydrogen (secondary N) is 2. The van der Waals surface area contributed by atoms with E-state index in [0.29, 0.717) is 19.6 Å². The molecule has 0 aliphatic heterocycles. The molecule has 3 amide bonds. The Hall–Kier alpha value is -3.35. The number of urea groups is 1. The van der Waals surface area contributed by atoms with Gasteiger partial charge in [-0.2, -0.15) is 0 Å². The van der Waals surface area contributed by atoms with Gasteiger partial charge in [-0.15, -0.1) is 0 Å². The minimum Gasteiger partial charge on any atom is -0.356 e. The first-order valence-electron chi connectivity index (χ1n) is 10.3. The van der Waals surface area contributed by atoms with Gasteiger partial charge in [-0.3, -0.25) is 4.79 Å². The largest absolute Gasteiger partial charge is 0.356 e. The molecule has 0 fully saturated rings. The second-order valence-electron chi connectivity index (χ2n) is 7.33. The van der Waals surface area contributed by atoms with Gasteiger partial charge in [0.05, 0.1) is 11.0 Å². The standard InChI is InChI=1S/C23H29N5O2/c1-18-26-20-11-6-7-12-21(20)28(18)16-8-14-24-22(29)13-15-25-23(30)27(2)17-19-9-4-3-5-10-19/h3-7,9-12H,8,13-17H2,1-2H3,(H,24,29)(H,25,30). The molecular formula is C23H29N5O2. The van der Waals surface area contributed by atoms with E-state index in [1.807, 2.05) is 55.5 Å². The number of fused-ring (bicyclic) bond motifs is 1. The maximum atomic E-state index is 12.1. The lowest BCUT2D eigenvalue weighted by atomic mass is 10.2. The van der Waals surface area contributed by atoms with E-state index >= 15 is 0 Å². The van der Waals surface area contributed by atoms with Crippen LogP contribution in [0.3, 0.4) is 0 Å². The van der Waals surface area contributed by atoms with Crippen LogP contribution in [0.1, 0.15) is 24.2 Å². The highest BCUT2D eigenvalue weighted by Gasteiger charge is 2.10. The van der Waals surface area contributed by atoms with Crippen molar-refractivity contribution >= 4 is 23.0 Å². The fraction of sp³-hybridized carbons (Fsp3) is 0.348. The smallest absolute Gasteiger partial charge is 0.317 e. The van der Waals surface area contributed by atoms with Crippen molar-refractivity contribution in [2.24, 2.45) is 0 Å². The average Bonchev–Trinajstić information content (AvgIpc) is 3.07. The van der Waals surface area contributed by atoms with Crippen molar-refractivity contribution in [2.45, 2.75) is 32.9 Å². The van der Waals surface area contributed by atoms with Crippen LogP contribution in [-0.2, 0) is 17.9 Å². The average molecular weight is 408 g/mol. The maximum absolute atomic E-state index is 12.1. The molecule has 3 rings (SSSR count). The van der Waals surface area contributed by atoms with Crippen LogP contribution in [0.4, 0.5) is 4.79 Å². The zero-order valence-electron chi connectivity index (χ0n) is 17.6. The maximum Gasteiger partial charge on any atom is 0.317 e. The van der Waals surface area contributed by atoms with Crippen LogP contribution in [0.25, 0.3) is 11.0 Å². The number of aryl methyl sites for hydroxylation is 2. The number of carbonyl (C=O) groups is 2. The normalized spacial score (nSPS) is 10.7. The molecule has 30 heavy (non-hydrogen) atoms. The first-order valence-corrected chi connectivity index (χ1v) is 10.3. The Morgan fingerprint density at radius 1 is 1.00 bits per heavy atom. The predicted molar refractivity (Wildman–Crippen MR) is 118 cm³/mol. The van der Waals surface area contributed by atoms with Gasteiger partial charge in [0.1, 0.15) is 5.82 Å². The number of aromatic nitrogens is 2. The third kappa shape index (κ3) is 5.83. The Morgan fingerprint density at radius 2 is 1.73 bits per heavy atom. The number of nitrogens with zero attached hydrogens (tertiary/aromatic N) is 3. The van der Waals surface area contributed by atoms with Crippen molar-refractivity contribution in [3.8, 4) is 0 Å². The van der Waals surface area contributed by atoms with Gasteiger partial charge in [0.15, 0.2) is 0 Å². The van der Waals surface area contributed by atoms with E-state index in [4.69, 9.17) is 0 Å². The molecule has 7 heteroatoms. The molecule has 0 unspecified atom stereocenters. The number of benzene rings is 2. The summed E-state index contributed by atoms with van der Waals surface area (Å²) in [5.74, 6) is 0.915. The quantitative estimate of drug-likeness (QED) is 0.535. The number of hydrogen-bond acceptors (Lipinski definition) is 3. The molecule has 0 saturated heterocycles. The molecular weight excluding hydrogens is 378 g/mol. The van der Waals surface area contributed by atoms with Crippen LogP contribution in [0.5, 0.6) is 0 Å². The van der Waals surface area contributed by atoms with Gasteiger partial charge in [0.2, 0.25) is 5.91 Å². The van der Waals surface area contributed by atoms with Crippen molar-refractivity contribution in [3.05, 3.63) is 66.0 Å². The highest BCUT2D eigenvalue weighted by Crippen LogP contribution is 2.15. The van der Waals surface area contributed by atoms with Gasteiger partial charge in [0, 0.05) is 39.6 Å². The molecule has 0 aliphatic rings. The van der Waals surface area contributed by atoms with Gasteiger partial charge in [-0.1, -0.05) is 42.5 Å². The van der Waals surface area contributed by atoms with Crippen molar-refractivity contribution in [1.29, 1.82) is 0 Å². The molecule has 2 N–H and O–H groups in total. The number of rotatable bonds is 9. The van der Waals surface area contributed by atoms with Crippen LogP contribution < -0.4 is 10.6 Å². The van der Waals surface area contributed by atoms with Crippen molar-refractivity contribution in [1.82, 2.24) is 25.1 Å². The molecule has 3 aromatic rings. The van der Waals surface area contributed by atoms with Gasteiger partial charge < -0.3 is 20.1 Å². The summed E-state index contributed by atoms with van der Waals surface area (Å²) in [7, 11) is 1.74. The third-order valence-electron chi connectivity index (χ3n) is 4.96. The van der Waals surface area contributed by atoms with Crippen LogP contribution in [0.2, 0.25) is 0 Å². The molecule has 0 aliphatic carbocycles. The minimum atomic E-state index is -0.186. The lowest BCUT2D eigenvalue weighted by molar-refractivity contribution is -0.120. The Morgan fingerprint density at radius 3 is 2.53 bits per heavy atom. The van der Waals surface area contributed by atoms with Crippen LogP contribution >= 0.6 is 0 Å². The van der Waals surface area contributed by atoms with Gasteiger partial charge in [-0.25, -0.2) is 9.78 Å². The number of para-hydroxylation sites is 2. The molecule has 0 atom stereocenters. The summed E-state index contributed by atoms with van der Waals surface area (Å²) >= 11 is 0. The summed E-state index contributed by atoms with van der Waals surface area (Å²) in [4.78, 5) is 30.3. The highest BCUT2D eigenvalue weighted by atomic mass is 16.2. The van der Waals surface area contributed by atoms with Crippen molar-refractivity contribution < 1.29 is 9.59 Å². The summed E-state index contributed by atoms with van der Waals surface area (Å²) in [6, 6.07) is 17.7. The molecule has 1 heterocycles. The zero-order valence-corrected chi connectivity index (χ0v) is 17.6. The minimum absolute atomic E-state index is 0.0618. The van der Waals surface area contributed by atoms with Gasteiger partial charge in [-0.05, 0) is 31.0 Å². The molecule has 0 spiro atoms. The van der Waals surface area contributed by atoms with Gasteiger partial charge >= 0.3 is 6.03 Å². The zero-order chi connectivity index (χ0) is 21.3. The fourth-order valence-electron chi connectivity index (χ4n) is 3.38. The summed E-state index contributed by atoms with van der Waals surface area (Å²) in [5, 5.41) is 5.71. The fourth-order valence-corrected chi connectivity index (χ4v) is 3.38. The number of amides is 3. The molecule has 158 valence electrons. The molecule has 1 aromatic heterocycles. The van der Waals surface area contributed by atoms with E-state index in [9.17, 15) is 9.59 Å². The van der Waals surface area contributed by atoms with Crippen molar-refractivity contribution in [2.75, 3.05) is 20.1 Å². The first kappa shape index (κ1) is 21.4. The lowest BCUT2D eigenvalue weighted by Crippen LogP contribution is -2.38. The Balaban J connectivity index is 1.32. The Labute approximate surface area is 177 Å². The van der Waals surface area contributed by atoms with Gasteiger partial charge in [0.25, 0.3) is 0 Å². The van der Waals surface area contributed by atoms with Crippen LogP contribution in [-0.4, -0.2) is 46.5 Å². The second kappa shape index (κ2) is 10.4. The first-order chi connectivity index (χ1) is 14.5. The number of imidazole rings is 1. The monoisotopic (exact) mass is 407 g/mol. The van der Waals surface area contributed by atoms with E-state index in [2.05, 4.69) is 26.3 Å². The third-order valence-corrected chi connectivity index (χ3v) is 4.96. The van der Waals surface area contributed by atoms with Crippen molar-refractivity contribution in [3.63, 3.8) is 0 Å². The molecule has 0 bridgehead atoms. The summed E-state index contributed by atoms with van der Waals surface area (Å²) in [6.07, 6.45) is 1.08. The summed E-state index contributed by atoms with van der Waals surface area (Å²) < 4.78 is 2.17. The Kier molecular flexibility index (Phi) is 7.43. The summed E-state index contributed by atoms with van der Waals surface area (Å²) in [5.41, 5.74) is 3.17. The van der Waals surface area contributed by atoms with E-state index in [1.165, 1.54) is 0 Å². The van der Waals surface area contributed by atoms with E-state index in [1.54, 1.807) is 11.9 Å². The van der Waals surface area contributed by atoms with E-state index in [-0.39, 0.29) is 18.4 Å². The molecule has 0 saturated carbocycles. The molecule has 2 aromatic carbocycles. The second-order valence-corrected chi connectivity index (χ2v) is 7.33. The lowest BCUT2D eigenvalue weighted by Gasteiger charge is -2.18. The molecule has 0 radical (unpaired) electrons. The van der Waals surface area contributed by atoms with Crippen LogP contribution in [0.15, 0.2) is 54.6 Å². The van der Waals surface area contributed by atoms with E-state index in [0.717, 1.165) is 35.4 Å². The number of carbonyl (C=O) groups excluding carboxylic acids is 2. The van der Waals surface area contributed by atoms with Crippen LogP contribution in [0, 0.1) is 6.92 Å². The topological polar surface area (TPSA) is 79.3 Å². The predicted octanol–water partition coefficient (Wildman–Crippen LogP) is 3.08. The number of hydrogen-bond donors (Lipinski definition) is 2. The summed E-state index contributed by atoms with van der Waals surface area (Å²) in [6.45, 7) is 4.23. The van der Waals surface area contributed by atoms with E-state index < -0.39 is 0 Å². The molecule has 7 nitrogen and oxygen atoms in total. The highest BCUT2D eigenvalue weighted by molar-refractivity contribution is 5.78. The Bertz CT molecular complexity index is 984.